The molecule has 5 heteroatoms. The van der Waals surface area contributed by atoms with Crippen LogP contribution in [0, 0.1) is 13.8 Å². The first-order valence-electron chi connectivity index (χ1n) is 5.79. The molecule has 0 aliphatic heterocycles. The van der Waals surface area contributed by atoms with Crippen LogP contribution in [-0.2, 0) is 0 Å². The SMILES string of the molecule is CCCNc1cc(-n2cnc(C)c2C)ncn1. The van der Waals surface area contributed by atoms with Gasteiger partial charge in [-0.25, -0.2) is 15.0 Å². The number of nitrogens with one attached hydrogen (secondary N) is 1. The Morgan fingerprint density at radius 1 is 1.24 bits per heavy atom. The summed E-state index contributed by atoms with van der Waals surface area (Å²) in [5.41, 5.74) is 2.12. The molecule has 0 atom stereocenters. The lowest BCUT2D eigenvalue weighted by Gasteiger charge is -2.07. The van der Waals surface area contributed by atoms with Gasteiger partial charge in [-0.05, 0) is 20.3 Å². The molecule has 5 nitrogen and oxygen atoms in total. The van der Waals surface area contributed by atoms with E-state index in [2.05, 4.69) is 27.2 Å². The molecular formula is C12H17N5. The third kappa shape index (κ3) is 2.43. The van der Waals surface area contributed by atoms with Gasteiger partial charge in [-0.2, -0.15) is 0 Å². The van der Waals surface area contributed by atoms with Crippen LogP contribution in [0.3, 0.4) is 0 Å². The first-order valence-corrected chi connectivity index (χ1v) is 5.79. The molecule has 0 unspecified atom stereocenters. The maximum Gasteiger partial charge on any atom is 0.143 e. The average Bonchev–Trinajstić information content (AvgIpc) is 2.68. The maximum absolute atomic E-state index is 4.27. The molecule has 1 N–H and O–H groups in total. The molecule has 0 amide bonds. The zero-order valence-electron chi connectivity index (χ0n) is 10.4. The Morgan fingerprint density at radius 3 is 2.71 bits per heavy atom. The van der Waals surface area contributed by atoms with Gasteiger partial charge >= 0.3 is 0 Å². The Kier molecular flexibility index (Phi) is 3.37. The summed E-state index contributed by atoms with van der Waals surface area (Å²) in [6, 6.07) is 1.93. The molecule has 0 aromatic carbocycles. The molecule has 2 aromatic heterocycles. The van der Waals surface area contributed by atoms with E-state index in [9.17, 15) is 0 Å². The molecule has 0 saturated heterocycles. The van der Waals surface area contributed by atoms with Crippen LogP contribution >= 0.6 is 0 Å². The third-order valence-corrected chi connectivity index (χ3v) is 2.71. The minimum absolute atomic E-state index is 0.844. The minimum atomic E-state index is 0.844. The fraction of sp³-hybridized carbons (Fsp3) is 0.417. The summed E-state index contributed by atoms with van der Waals surface area (Å²) in [6.07, 6.45) is 4.43. The first-order chi connectivity index (χ1) is 8.22. The third-order valence-electron chi connectivity index (χ3n) is 2.71. The number of imidazole rings is 1. The van der Waals surface area contributed by atoms with Gasteiger partial charge in [-0.1, -0.05) is 6.92 Å². The predicted molar refractivity (Wildman–Crippen MR) is 67.4 cm³/mol. The zero-order chi connectivity index (χ0) is 12.3. The summed E-state index contributed by atoms with van der Waals surface area (Å²) in [5, 5.41) is 3.25. The predicted octanol–water partition coefficient (Wildman–Crippen LogP) is 2.10. The highest BCUT2D eigenvalue weighted by Crippen LogP contribution is 2.13. The Labute approximate surface area is 101 Å². The lowest BCUT2D eigenvalue weighted by atomic mass is 10.4. The molecular weight excluding hydrogens is 214 g/mol. The van der Waals surface area contributed by atoms with Crippen LogP contribution in [-0.4, -0.2) is 26.1 Å². The normalized spacial score (nSPS) is 10.5. The van der Waals surface area contributed by atoms with E-state index in [1.165, 1.54) is 0 Å². The lowest BCUT2D eigenvalue weighted by molar-refractivity contribution is 0.922. The quantitative estimate of drug-likeness (QED) is 0.875. The van der Waals surface area contributed by atoms with Crippen molar-refractivity contribution in [2.75, 3.05) is 11.9 Å². The van der Waals surface area contributed by atoms with Crippen LogP contribution in [0.5, 0.6) is 0 Å². The summed E-state index contributed by atoms with van der Waals surface area (Å²) >= 11 is 0. The molecule has 2 aromatic rings. The summed E-state index contributed by atoms with van der Waals surface area (Å²) < 4.78 is 1.97. The second kappa shape index (κ2) is 4.95. The second-order valence-corrected chi connectivity index (χ2v) is 3.97. The summed E-state index contributed by atoms with van der Waals surface area (Å²) in [5.74, 6) is 1.69. The highest BCUT2D eigenvalue weighted by Gasteiger charge is 2.06. The van der Waals surface area contributed by atoms with Crippen LogP contribution in [0.15, 0.2) is 18.7 Å². The lowest BCUT2D eigenvalue weighted by Crippen LogP contribution is -2.05. The van der Waals surface area contributed by atoms with Crippen molar-refractivity contribution in [2.45, 2.75) is 27.2 Å². The number of hydrogen-bond acceptors (Lipinski definition) is 4. The molecule has 0 aliphatic carbocycles. The summed E-state index contributed by atoms with van der Waals surface area (Å²) in [7, 11) is 0. The molecule has 0 saturated carbocycles. The smallest absolute Gasteiger partial charge is 0.143 e. The molecule has 2 rings (SSSR count). The van der Waals surface area contributed by atoms with E-state index >= 15 is 0 Å². The number of aromatic nitrogens is 4. The Morgan fingerprint density at radius 2 is 2.06 bits per heavy atom. The fourth-order valence-electron chi connectivity index (χ4n) is 1.56. The van der Waals surface area contributed by atoms with E-state index in [4.69, 9.17) is 0 Å². The van der Waals surface area contributed by atoms with E-state index in [1.807, 2.05) is 24.5 Å². The minimum Gasteiger partial charge on any atom is -0.370 e. The topological polar surface area (TPSA) is 55.6 Å². The Balaban J connectivity index is 2.30. The Hall–Kier alpha value is -1.91. The summed E-state index contributed by atoms with van der Waals surface area (Å²) in [4.78, 5) is 12.7. The van der Waals surface area contributed by atoms with Crippen LogP contribution in [0.1, 0.15) is 24.7 Å². The van der Waals surface area contributed by atoms with Crippen molar-refractivity contribution in [3.05, 3.63) is 30.1 Å². The van der Waals surface area contributed by atoms with Crippen molar-refractivity contribution in [3.63, 3.8) is 0 Å². The van der Waals surface area contributed by atoms with Crippen LogP contribution in [0.25, 0.3) is 5.82 Å². The largest absolute Gasteiger partial charge is 0.370 e. The van der Waals surface area contributed by atoms with Crippen molar-refractivity contribution in [1.82, 2.24) is 19.5 Å². The van der Waals surface area contributed by atoms with E-state index in [-0.39, 0.29) is 0 Å². The average molecular weight is 231 g/mol. The van der Waals surface area contributed by atoms with Gasteiger partial charge in [0.05, 0.1) is 5.69 Å². The van der Waals surface area contributed by atoms with Gasteiger partial charge in [-0.3, -0.25) is 4.57 Å². The van der Waals surface area contributed by atoms with Gasteiger partial charge in [0, 0.05) is 18.3 Å². The van der Waals surface area contributed by atoms with Gasteiger partial charge in [0.2, 0.25) is 0 Å². The van der Waals surface area contributed by atoms with Gasteiger partial charge in [-0.15, -0.1) is 0 Å². The molecule has 0 radical (unpaired) electrons. The molecule has 0 bridgehead atoms. The van der Waals surface area contributed by atoms with Gasteiger partial charge < -0.3 is 5.32 Å². The Bertz CT molecular complexity index is 503. The van der Waals surface area contributed by atoms with Crippen molar-refractivity contribution >= 4 is 5.82 Å². The van der Waals surface area contributed by atoms with E-state index < -0.39 is 0 Å². The molecule has 90 valence electrons. The van der Waals surface area contributed by atoms with Crippen molar-refractivity contribution in [2.24, 2.45) is 0 Å². The van der Waals surface area contributed by atoms with Crippen molar-refractivity contribution in [3.8, 4) is 5.82 Å². The number of hydrogen-bond donors (Lipinski definition) is 1. The van der Waals surface area contributed by atoms with Crippen LogP contribution in [0.2, 0.25) is 0 Å². The van der Waals surface area contributed by atoms with Gasteiger partial charge in [0.1, 0.15) is 24.3 Å². The molecule has 2 heterocycles. The zero-order valence-corrected chi connectivity index (χ0v) is 10.4. The number of rotatable bonds is 4. The van der Waals surface area contributed by atoms with Gasteiger partial charge in [0.25, 0.3) is 0 Å². The monoisotopic (exact) mass is 231 g/mol. The van der Waals surface area contributed by atoms with Gasteiger partial charge in [0.15, 0.2) is 0 Å². The van der Waals surface area contributed by atoms with Crippen LogP contribution < -0.4 is 5.32 Å². The molecule has 0 spiro atoms. The van der Waals surface area contributed by atoms with E-state index in [0.717, 1.165) is 36.0 Å². The van der Waals surface area contributed by atoms with Crippen LogP contribution in [0.4, 0.5) is 5.82 Å². The second-order valence-electron chi connectivity index (χ2n) is 3.97. The molecule has 0 fully saturated rings. The molecule has 0 aliphatic rings. The number of anilines is 1. The molecule has 17 heavy (non-hydrogen) atoms. The highest BCUT2D eigenvalue weighted by atomic mass is 15.1. The maximum atomic E-state index is 4.27. The first kappa shape index (κ1) is 11.6. The van der Waals surface area contributed by atoms with E-state index in [0.29, 0.717) is 0 Å². The van der Waals surface area contributed by atoms with Crippen molar-refractivity contribution < 1.29 is 0 Å². The van der Waals surface area contributed by atoms with E-state index in [1.54, 1.807) is 12.7 Å². The fourth-order valence-corrected chi connectivity index (χ4v) is 1.56. The standard InChI is InChI=1S/C12H17N5/c1-4-5-13-11-6-12(15-7-14-11)17-8-16-9(2)10(17)3/h6-8H,4-5H2,1-3H3,(H,13,14,15). The number of nitrogens with zero attached hydrogens (tertiary/aromatic N) is 4. The highest BCUT2D eigenvalue weighted by molar-refractivity contribution is 5.41. The van der Waals surface area contributed by atoms with Crippen molar-refractivity contribution in [1.29, 1.82) is 0 Å². The summed E-state index contributed by atoms with van der Waals surface area (Å²) in [6.45, 7) is 7.06. The number of aryl methyl sites for hydroxylation is 1.